The van der Waals surface area contributed by atoms with Crippen LogP contribution in [0.15, 0.2) is 30.3 Å². The number of nitrogens with one attached hydrogen (secondary N) is 1. The average molecular weight is 233 g/mol. The first-order chi connectivity index (χ1) is 8.24. The quantitative estimate of drug-likeness (QED) is 0.847. The molecule has 0 spiro atoms. The third kappa shape index (κ3) is 4.11. The molecule has 2 rings (SSSR count). The predicted octanol–water partition coefficient (Wildman–Crippen LogP) is 1.37. The van der Waals surface area contributed by atoms with Gasteiger partial charge in [-0.15, -0.1) is 0 Å². The van der Waals surface area contributed by atoms with Gasteiger partial charge in [0.15, 0.2) is 0 Å². The van der Waals surface area contributed by atoms with Crippen LogP contribution in [0.5, 0.6) is 0 Å². The second-order valence-electron chi connectivity index (χ2n) is 5.01. The topological polar surface area (TPSA) is 18.5 Å². The zero-order chi connectivity index (χ0) is 12.1. The minimum absolute atomic E-state index is 0.501. The van der Waals surface area contributed by atoms with E-state index < -0.39 is 0 Å². The van der Waals surface area contributed by atoms with Crippen LogP contribution in [0.3, 0.4) is 0 Å². The second-order valence-corrected chi connectivity index (χ2v) is 5.01. The van der Waals surface area contributed by atoms with E-state index in [0.717, 1.165) is 32.6 Å². The van der Waals surface area contributed by atoms with E-state index in [2.05, 4.69) is 59.6 Å². The largest absolute Gasteiger partial charge is 0.304 e. The number of likely N-dealkylation sites (N-methyl/N-ethyl adjacent to an activating group) is 1. The van der Waals surface area contributed by atoms with Crippen molar-refractivity contribution in [2.24, 2.45) is 0 Å². The fourth-order valence-electron chi connectivity index (χ4n) is 2.26. The Morgan fingerprint density at radius 2 is 1.76 bits per heavy atom. The van der Waals surface area contributed by atoms with Crippen LogP contribution < -0.4 is 5.43 Å². The number of hydrogen-bond donors (Lipinski definition) is 1. The summed E-state index contributed by atoms with van der Waals surface area (Å²) in [5.41, 5.74) is 5.00. The number of hydrazine groups is 1. The maximum Gasteiger partial charge on any atom is 0.0259 e. The molecule has 0 bridgehead atoms. The van der Waals surface area contributed by atoms with Gasteiger partial charge in [-0.2, -0.15) is 0 Å². The lowest BCUT2D eigenvalue weighted by Crippen LogP contribution is -2.53. The third-order valence-corrected chi connectivity index (χ3v) is 3.29. The van der Waals surface area contributed by atoms with Crippen molar-refractivity contribution in [3.05, 3.63) is 35.9 Å². The van der Waals surface area contributed by atoms with E-state index in [9.17, 15) is 0 Å². The van der Waals surface area contributed by atoms with Gasteiger partial charge in [-0.3, -0.25) is 5.43 Å². The van der Waals surface area contributed by atoms with Gasteiger partial charge in [-0.05, 0) is 26.0 Å². The molecule has 1 N–H and O–H groups in total. The van der Waals surface area contributed by atoms with Gasteiger partial charge in [0.05, 0.1) is 0 Å². The highest BCUT2D eigenvalue weighted by molar-refractivity contribution is 5.15. The Morgan fingerprint density at radius 3 is 2.41 bits per heavy atom. The molecule has 0 radical (unpaired) electrons. The summed E-state index contributed by atoms with van der Waals surface area (Å²) in [5.74, 6) is 0. The Balaban J connectivity index is 1.76. The molecule has 0 amide bonds. The van der Waals surface area contributed by atoms with Crippen molar-refractivity contribution < 1.29 is 0 Å². The molecule has 3 nitrogen and oxygen atoms in total. The Morgan fingerprint density at radius 1 is 1.12 bits per heavy atom. The molecule has 1 aliphatic rings. The van der Waals surface area contributed by atoms with Crippen molar-refractivity contribution in [2.75, 3.05) is 33.2 Å². The van der Waals surface area contributed by atoms with E-state index in [0.29, 0.717) is 6.04 Å². The summed E-state index contributed by atoms with van der Waals surface area (Å²) in [5, 5.41) is 2.35. The molecular weight excluding hydrogens is 210 g/mol. The van der Waals surface area contributed by atoms with Crippen LogP contribution in [0.1, 0.15) is 12.5 Å². The van der Waals surface area contributed by atoms with Crippen LogP contribution >= 0.6 is 0 Å². The first-order valence-corrected chi connectivity index (χ1v) is 6.47. The van der Waals surface area contributed by atoms with E-state index in [4.69, 9.17) is 0 Å². The van der Waals surface area contributed by atoms with Gasteiger partial charge in [0.25, 0.3) is 0 Å². The molecule has 1 atom stereocenters. The maximum absolute atomic E-state index is 3.59. The SMILES string of the molecule is C[C@H](Cc1ccccc1)NN1CCN(C)CC1. The third-order valence-electron chi connectivity index (χ3n) is 3.29. The first-order valence-electron chi connectivity index (χ1n) is 6.47. The maximum atomic E-state index is 3.59. The van der Waals surface area contributed by atoms with Crippen LogP contribution in [0.25, 0.3) is 0 Å². The van der Waals surface area contributed by atoms with Gasteiger partial charge in [-0.25, -0.2) is 5.01 Å². The van der Waals surface area contributed by atoms with E-state index in [1.807, 2.05) is 0 Å². The Kier molecular flexibility index (Phi) is 4.54. The fourth-order valence-corrected chi connectivity index (χ4v) is 2.26. The van der Waals surface area contributed by atoms with E-state index >= 15 is 0 Å². The number of benzene rings is 1. The zero-order valence-electron chi connectivity index (χ0n) is 10.9. The van der Waals surface area contributed by atoms with Gasteiger partial charge in [0.1, 0.15) is 0 Å². The molecule has 3 heteroatoms. The molecule has 0 aromatic heterocycles. The number of piperazine rings is 1. The predicted molar refractivity (Wildman–Crippen MR) is 71.8 cm³/mol. The molecule has 1 fully saturated rings. The lowest BCUT2D eigenvalue weighted by atomic mass is 10.1. The Bertz CT molecular complexity index is 317. The summed E-state index contributed by atoms with van der Waals surface area (Å²) in [6.07, 6.45) is 1.09. The molecule has 0 saturated carbocycles. The second kappa shape index (κ2) is 6.15. The Labute approximate surface area is 104 Å². The van der Waals surface area contributed by atoms with E-state index in [1.54, 1.807) is 0 Å². The van der Waals surface area contributed by atoms with Crippen molar-refractivity contribution in [3.63, 3.8) is 0 Å². The lowest BCUT2D eigenvalue weighted by molar-refractivity contribution is 0.0899. The summed E-state index contributed by atoms with van der Waals surface area (Å²) in [4.78, 5) is 2.38. The molecule has 1 saturated heterocycles. The minimum Gasteiger partial charge on any atom is -0.304 e. The highest BCUT2D eigenvalue weighted by atomic mass is 15.5. The van der Waals surface area contributed by atoms with Gasteiger partial charge in [0.2, 0.25) is 0 Å². The molecule has 1 aliphatic heterocycles. The Hall–Kier alpha value is -0.900. The normalized spacial score (nSPS) is 20.4. The van der Waals surface area contributed by atoms with Crippen LogP contribution in [0.4, 0.5) is 0 Å². The van der Waals surface area contributed by atoms with Crippen molar-refractivity contribution >= 4 is 0 Å². The van der Waals surface area contributed by atoms with Gasteiger partial charge < -0.3 is 4.90 Å². The molecule has 1 aromatic rings. The van der Waals surface area contributed by atoms with Crippen molar-refractivity contribution in [1.82, 2.24) is 15.3 Å². The summed E-state index contributed by atoms with van der Waals surface area (Å²) in [6.45, 7) is 6.81. The van der Waals surface area contributed by atoms with Crippen molar-refractivity contribution in [1.29, 1.82) is 0 Å². The first kappa shape index (κ1) is 12.6. The molecule has 1 aromatic carbocycles. The highest BCUT2D eigenvalue weighted by Crippen LogP contribution is 2.04. The van der Waals surface area contributed by atoms with E-state index in [1.165, 1.54) is 5.56 Å². The number of nitrogens with zero attached hydrogens (tertiary/aromatic N) is 2. The van der Waals surface area contributed by atoms with E-state index in [-0.39, 0.29) is 0 Å². The minimum atomic E-state index is 0.501. The molecule has 0 unspecified atom stereocenters. The zero-order valence-corrected chi connectivity index (χ0v) is 10.9. The molecule has 17 heavy (non-hydrogen) atoms. The summed E-state index contributed by atoms with van der Waals surface area (Å²) >= 11 is 0. The molecular formula is C14H23N3. The summed E-state index contributed by atoms with van der Waals surface area (Å²) < 4.78 is 0. The lowest BCUT2D eigenvalue weighted by Gasteiger charge is -2.34. The van der Waals surface area contributed by atoms with Crippen LogP contribution in [-0.2, 0) is 6.42 Å². The highest BCUT2D eigenvalue weighted by Gasteiger charge is 2.15. The van der Waals surface area contributed by atoms with Gasteiger partial charge >= 0.3 is 0 Å². The smallest absolute Gasteiger partial charge is 0.0259 e. The molecule has 0 aliphatic carbocycles. The van der Waals surface area contributed by atoms with Crippen LogP contribution in [0.2, 0.25) is 0 Å². The molecule has 1 heterocycles. The molecule has 94 valence electrons. The van der Waals surface area contributed by atoms with Gasteiger partial charge in [-0.1, -0.05) is 30.3 Å². The van der Waals surface area contributed by atoms with Crippen molar-refractivity contribution in [2.45, 2.75) is 19.4 Å². The standard InChI is InChI=1S/C14H23N3/c1-13(12-14-6-4-3-5-7-14)15-17-10-8-16(2)9-11-17/h3-7,13,15H,8-12H2,1-2H3/t13-/m1/s1. The van der Waals surface area contributed by atoms with Crippen LogP contribution in [-0.4, -0.2) is 49.2 Å². The number of rotatable bonds is 4. The fraction of sp³-hybridized carbons (Fsp3) is 0.571. The summed E-state index contributed by atoms with van der Waals surface area (Å²) in [7, 11) is 2.19. The van der Waals surface area contributed by atoms with Crippen LogP contribution in [0, 0.1) is 0 Å². The van der Waals surface area contributed by atoms with Crippen molar-refractivity contribution in [3.8, 4) is 0 Å². The monoisotopic (exact) mass is 233 g/mol. The number of hydrogen-bond acceptors (Lipinski definition) is 3. The summed E-state index contributed by atoms with van der Waals surface area (Å²) in [6, 6.07) is 11.2. The average Bonchev–Trinajstić information content (AvgIpc) is 2.33. The van der Waals surface area contributed by atoms with Gasteiger partial charge in [0, 0.05) is 32.2 Å².